The second kappa shape index (κ2) is 7.56. The van der Waals surface area contributed by atoms with Crippen LogP contribution in [0.3, 0.4) is 0 Å². The molecule has 0 atom stereocenters. The van der Waals surface area contributed by atoms with Gasteiger partial charge in [0.05, 0.1) is 10.6 Å². The number of ether oxygens (including phenoxy) is 1. The molecule has 28 heavy (non-hydrogen) atoms. The number of nitrogens with zero attached hydrogens (tertiary/aromatic N) is 1. The third-order valence-electron chi connectivity index (χ3n) is 5.43. The number of rotatable bonds is 5. The first-order valence-corrected chi connectivity index (χ1v) is 11.0. The van der Waals surface area contributed by atoms with Gasteiger partial charge in [-0.05, 0) is 73.1 Å². The first-order valence-electron chi connectivity index (χ1n) is 9.55. The Morgan fingerprint density at radius 3 is 2.57 bits per heavy atom. The van der Waals surface area contributed by atoms with E-state index in [0.717, 1.165) is 48.9 Å². The number of anilines is 2. The molecule has 1 heterocycles. The van der Waals surface area contributed by atoms with Crippen molar-refractivity contribution in [1.29, 1.82) is 0 Å². The van der Waals surface area contributed by atoms with E-state index >= 15 is 0 Å². The van der Waals surface area contributed by atoms with Gasteiger partial charge < -0.3 is 9.64 Å². The number of fused-ring (bicyclic) bond motifs is 2. The molecular formula is C21H24N2O4S. The highest BCUT2D eigenvalue weighted by Crippen LogP contribution is 2.32. The Morgan fingerprint density at radius 1 is 1.04 bits per heavy atom. The zero-order valence-corrected chi connectivity index (χ0v) is 16.7. The second-order valence-corrected chi connectivity index (χ2v) is 9.00. The molecule has 1 aliphatic heterocycles. The molecule has 0 fully saturated rings. The molecule has 1 aliphatic carbocycles. The summed E-state index contributed by atoms with van der Waals surface area (Å²) in [6.45, 7) is 0.586. The number of aryl methyl sites for hydroxylation is 2. The number of hydrogen-bond donors (Lipinski definition) is 1. The van der Waals surface area contributed by atoms with Gasteiger partial charge in [0.2, 0.25) is 0 Å². The minimum Gasteiger partial charge on any atom is -0.375 e. The molecule has 1 amide bonds. The molecule has 0 spiro atoms. The third kappa shape index (κ3) is 3.64. The fourth-order valence-corrected chi connectivity index (χ4v) is 5.09. The monoisotopic (exact) mass is 400 g/mol. The molecule has 0 aromatic heterocycles. The summed E-state index contributed by atoms with van der Waals surface area (Å²) in [6.07, 6.45) is 4.95. The molecule has 2 aromatic rings. The molecule has 2 aromatic carbocycles. The van der Waals surface area contributed by atoms with E-state index in [1.165, 1.54) is 12.7 Å². The lowest BCUT2D eigenvalue weighted by Gasteiger charge is -2.19. The highest BCUT2D eigenvalue weighted by molar-refractivity contribution is 7.92. The molecule has 0 bridgehead atoms. The van der Waals surface area contributed by atoms with Gasteiger partial charge in [0, 0.05) is 19.3 Å². The molecule has 2 aliphatic rings. The van der Waals surface area contributed by atoms with Crippen LogP contribution in [0.4, 0.5) is 11.4 Å². The van der Waals surface area contributed by atoms with Crippen LogP contribution in [0, 0.1) is 0 Å². The van der Waals surface area contributed by atoms with Crippen LogP contribution in [0.1, 0.15) is 29.5 Å². The van der Waals surface area contributed by atoms with E-state index in [1.807, 2.05) is 12.1 Å². The van der Waals surface area contributed by atoms with E-state index < -0.39 is 10.0 Å². The summed E-state index contributed by atoms with van der Waals surface area (Å²) in [4.78, 5) is 14.2. The summed E-state index contributed by atoms with van der Waals surface area (Å²) in [5.41, 5.74) is 4.59. The van der Waals surface area contributed by atoms with Crippen LogP contribution in [-0.4, -0.2) is 34.6 Å². The van der Waals surface area contributed by atoms with Crippen molar-refractivity contribution in [1.82, 2.24) is 0 Å². The molecule has 0 saturated heterocycles. The molecule has 6 nitrogen and oxygen atoms in total. The summed E-state index contributed by atoms with van der Waals surface area (Å²) >= 11 is 0. The zero-order chi connectivity index (χ0) is 19.7. The van der Waals surface area contributed by atoms with Crippen LogP contribution >= 0.6 is 0 Å². The minimum absolute atomic E-state index is 0.00448. The van der Waals surface area contributed by atoms with Gasteiger partial charge in [-0.1, -0.05) is 12.1 Å². The first-order chi connectivity index (χ1) is 13.5. The van der Waals surface area contributed by atoms with Crippen molar-refractivity contribution in [3.63, 3.8) is 0 Å². The van der Waals surface area contributed by atoms with Gasteiger partial charge >= 0.3 is 0 Å². The van der Waals surface area contributed by atoms with Gasteiger partial charge in [-0.2, -0.15) is 0 Å². The molecule has 1 N–H and O–H groups in total. The quantitative estimate of drug-likeness (QED) is 0.837. The van der Waals surface area contributed by atoms with Crippen LogP contribution in [0.2, 0.25) is 0 Å². The molecule has 7 heteroatoms. The number of carbonyl (C=O) groups excluding carboxylic acids is 1. The van der Waals surface area contributed by atoms with E-state index in [4.69, 9.17) is 4.74 Å². The summed E-state index contributed by atoms with van der Waals surface area (Å²) in [6, 6.07) is 10.7. The van der Waals surface area contributed by atoms with Crippen LogP contribution in [0.5, 0.6) is 0 Å². The lowest BCUT2D eigenvalue weighted by atomic mass is 9.92. The van der Waals surface area contributed by atoms with Gasteiger partial charge in [-0.3, -0.25) is 9.52 Å². The predicted octanol–water partition coefficient (Wildman–Crippen LogP) is 2.90. The van der Waals surface area contributed by atoms with Crippen molar-refractivity contribution >= 4 is 27.3 Å². The van der Waals surface area contributed by atoms with E-state index in [2.05, 4.69) is 4.72 Å². The number of amides is 1. The standard InChI is InChI=1S/C21H24N2O4S/c1-27-14-21(24)23-11-10-16-6-8-18(13-20(16)23)22-28(25,26)19-9-7-15-4-2-3-5-17(15)12-19/h6-9,12-13,22H,2-5,10-11,14H2,1H3. The largest absolute Gasteiger partial charge is 0.375 e. The lowest BCUT2D eigenvalue weighted by Crippen LogP contribution is -2.32. The maximum Gasteiger partial charge on any atom is 0.261 e. The molecule has 4 rings (SSSR count). The lowest BCUT2D eigenvalue weighted by molar-refractivity contribution is -0.122. The number of carbonyl (C=O) groups is 1. The van der Waals surface area contributed by atoms with Crippen molar-refractivity contribution in [2.75, 3.05) is 29.9 Å². The van der Waals surface area contributed by atoms with Crippen LogP contribution in [0.25, 0.3) is 0 Å². The van der Waals surface area contributed by atoms with E-state index in [-0.39, 0.29) is 17.4 Å². The third-order valence-corrected chi connectivity index (χ3v) is 6.81. The zero-order valence-electron chi connectivity index (χ0n) is 15.9. The summed E-state index contributed by atoms with van der Waals surface area (Å²) < 4.78 is 33.4. The summed E-state index contributed by atoms with van der Waals surface area (Å²) in [5, 5.41) is 0. The van der Waals surface area contributed by atoms with Crippen molar-refractivity contribution in [3.8, 4) is 0 Å². The Morgan fingerprint density at radius 2 is 1.79 bits per heavy atom. The number of sulfonamides is 1. The average Bonchev–Trinajstić information content (AvgIpc) is 3.11. The fraction of sp³-hybridized carbons (Fsp3) is 0.381. The molecule has 0 saturated carbocycles. The number of methoxy groups -OCH3 is 1. The summed E-state index contributed by atoms with van der Waals surface area (Å²) in [7, 11) is -2.21. The molecule has 0 radical (unpaired) electrons. The Bertz CT molecular complexity index is 1020. The van der Waals surface area contributed by atoms with Crippen LogP contribution < -0.4 is 9.62 Å². The fourth-order valence-electron chi connectivity index (χ4n) is 3.99. The molecule has 148 valence electrons. The smallest absolute Gasteiger partial charge is 0.261 e. The number of nitrogens with one attached hydrogen (secondary N) is 1. The number of hydrogen-bond acceptors (Lipinski definition) is 4. The normalized spacial score (nSPS) is 15.8. The Hall–Kier alpha value is -2.38. The van der Waals surface area contributed by atoms with E-state index in [9.17, 15) is 13.2 Å². The van der Waals surface area contributed by atoms with Crippen LogP contribution in [-0.2, 0) is 38.8 Å². The maximum atomic E-state index is 12.9. The molecular weight excluding hydrogens is 376 g/mol. The summed E-state index contributed by atoms with van der Waals surface area (Å²) in [5.74, 6) is -0.129. The Kier molecular flexibility index (Phi) is 5.12. The Labute approximate surface area is 165 Å². The predicted molar refractivity (Wildman–Crippen MR) is 108 cm³/mol. The van der Waals surface area contributed by atoms with Gasteiger partial charge in [0.1, 0.15) is 6.61 Å². The van der Waals surface area contributed by atoms with E-state index in [0.29, 0.717) is 12.2 Å². The van der Waals surface area contributed by atoms with Crippen molar-refractivity contribution in [3.05, 3.63) is 53.1 Å². The second-order valence-electron chi connectivity index (χ2n) is 7.32. The van der Waals surface area contributed by atoms with Crippen molar-refractivity contribution in [2.24, 2.45) is 0 Å². The topological polar surface area (TPSA) is 75.7 Å². The minimum atomic E-state index is -3.69. The van der Waals surface area contributed by atoms with Crippen molar-refractivity contribution in [2.45, 2.75) is 37.0 Å². The van der Waals surface area contributed by atoms with Gasteiger partial charge in [0.25, 0.3) is 15.9 Å². The SMILES string of the molecule is COCC(=O)N1CCc2ccc(NS(=O)(=O)c3ccc4c(c3)CCCC4)cc21. The van der Waals surface area contributed by atoms with E-state index in [1.54, 1.807) is 29.2 Å². The first kappa shape index (κ1) is 19.0. The number of benzene rings is 2. The van der Waals surface area contributed by atoms with Gasteiger partial charge in [0.15, 0.2) is 0 Å². The maximum absolute atomic E-state index is 12.9. The Balaban J connectivity index is 1.59. The molecule has 0 unspecified atom stereocenters. The average molecular weight is 401 g/mol. The highest BCUT2D eigenvalue weighted by Gasteiger charge is 2.25. The van der Waals surface area contributed by atoms with Gasteiger partial charge in [-0.15, -0.1) is 0 Å². The van der Waals surface area contributed by atoms with Crippen molar-refractivity contribution < 1.29 is 17.9 Å². The highest BCUT2D eigenvalue weighted by atomic mass is 32.2. The van der Waals surface area contributed by atoms with Crippen LogP contribution in [0.15, 0.2) is 41.3 Å². The van der Waals surface area contributed by atoms with Gasteiger partial charge in [-0.25, -0.2) is 8.42 Å².